The minimum absolute atomic E-state index is 0.0519. The summed E-state index contributed by atoms with van der Waals surface area (Å²) in [7, 11) is -2.37. The molecule has 0 atom stereocenters. The molecule has 0 bridgehead atoms. The van der Waals surface area contributed by atoms with Gasteiger partial charge in [-0.2, -0.15) is 4.98 Å². The Morgan fingerprint density at radius 3 is 2.75 bits per heavy atom. The SMILES string of the molecule is COc1cncc(S(=O)(=O)N(c2nc3ccccc3o2)C2CC2)c1. The van der Waals surface area contributed by atoms with Crippen molar-refractivity contribution in [2.75, 3.05) is 11.4 Å². The van der Waals surface area contributed by atoms with E-state index in [4.69, 9.17) is 9.15 Å². The molecule has 124 valence electrons. The van der Waals surface area contributed by atoms with Crippen molar-refractivity contribution in [1.82, 2.24) is 9.97 Å². The topological polar surface area (TPSA) is 85.5 Å². The van der Waals surface area contributed by atoms with Crippen LogP contribution < -0.4 is 9.04 Å². The molecule has 0 aliphatic heterocycles. The maximum absolute atomic E-state index is 13.1. The smallest absolute Gasteiger partial charge is 0.312 e. The molecule has 24 heavy (non-hydrogen) atoms. The van der Waals surface area contributed by atoms with Gasteiger partial charge in [-0.25, -0.2) is 12.7 Å². The van der Waals surface area contributed by atoms with Crippen molar-refractivity contribution in [3.05, 3.63) is 42.7 Å². The maximum atomic E-state index is 13.1. The molecule has 0 saturated heterocycles. The van der Waals surface area contributed by atoms with Crippen molar-refractivity contribution in [2.24, 2.45) is 0 Å². The van der Waals surface area contributed by atoms with Crippen molar-refractivity contribution in [3.63, 3.8) is 0 Å². The molecule has 3 aromatic rings. The first kappa shape index (κ1) is 14.9. The van der Waals surface area contributed by atoms with Gasteiger partial charge in [0.25, 0.3) is 10.0 Å². The number of hydrogen-bond acceptors (Lipinski definition) is 6. The van der Waals surface area contributed by atoms with E-state index in [0.717, 1.165) is 12.8 Å². The second kappa shape index (κ2) is 5.48. The van der Waals surface area contributed by atoms with E-state index in [0.29, 0.717) is 16.8 Å². The number of aromatic nitrogens is 2. The fraction of sp³-hybridized carbons (Fsp3) is 0.250. The van der Waals surface area contributed by atoms with Crippen molar-refractivity contribution in [1.29, 1.82) is 0 Å². The number of para-hydroxylation sites is 2. The molecule has 0 spiro atoms. The first-order valence-electron chi connectivity index (χ1n) is 7.48. The van der Waals surface area contributed by atoms with Gasteiger partial charge in [0.15, 0.2) is 5.58 Å². The maximum Gasteiger partial charge on any atom is 0.312 e. The number of ether oxygens (including phenoxy) is 1. The zero-order valence-electron chi connectivity index (χ0n) is 12.9. The first-order chi connectivity index (χ1) is 11.6. The Morgan fingerprint density at radius 2 is 2.04 bits per heavy atom. The van der Waals surface area contributed by atoms with E-state index in [1.165, 1.54) is 29.9 Å². The quantitative estimate of drug-likeness (QED) is 0.706. The Morgan fingerprint density at radius 1 is 1.25 bits per heavy atom. The summed E-state index contributed by atoms with van der Waals surface area (Å²) in [5.41, 5.74) is 1.18. The standard InChI is InChI=1S/C16H15N3O4S/c1-22-12-8-13(10-17-9-12)24(20,21)19(11-6-7-11)16-18-14-4-2-3-5-15(14)23-16/h2-5,8-11H,6-7H2,1H3. The number of sulfonamides is 1. The first-order valence-corrected chi connectivity index (χ1v) is 8.92. The van der Waals surface area contributed by atoms with E-state index in [2.05, 4.69) is 9.97 Å². The molecule has 1 fully saturated rings. The third-order valence-electron chi connectivity index (χ3n) is 3.83. The van der Waals surface area contributed by atoms with Gasteiger partial charge in [0.05, 0.1) is 19.3 Å². The summed E-state index contributed by atoms with van der Waals surface area (Å²) in [4.78, 5) is 8.33. The van der Waals surface area contributed by atoms with Gasteiger partial charge in [0, 0.05) is 12.3 Å². The highest BCUT2D eigenvalue weighted by Gasteiger charge is 2.41. The number of rotatable bonds is 5. The summed E-state index contributed by atoms with van der Waals surface area (Å²) >= 11 is 0. The number of oxazole rings is 1. The lowest BCUT2D eigenvalue weighted by Crippen LogP contribution is -2.33. The number of methoxy groups -OCH3 is 1. The summed E-state index contributed by atoms with van der Waals surface area (Å²) in [5.74, 6) is 0.379. The molecule has 0 N–H and O–H groups in total. The number of fused-ring (bicyclic) bond motifs is 1. The van der Waals surface area contributed by atoms with Gasteiger partial charge in [0.2, 0.25) is 0 Å². The van der Waals surface area contributed by atoms with Crippen molar-refractivity contribution < 1.29 is 17.6 Å². The third kappa shape index (κ3) is 2.48. The number of nitrogens with zero attached hydrogens (tertiary/aromatic N) is 3. The van der Waals surface area contributed by atoms with Gasteiger partial charge in [-0.3, -0.25) is 4.98 Å². The summed E-state index contributed by atoms with van der Waals surface area (Å²) in [6.45, 7) is 0. The number of hydrogen-bond donors (Lipinski definition) is 0. The average molecular weight is 345 g/mol. The Kier molecular flexibility index (Phi) is 3.42. The molecular weight excluding hydrogens is 330 g/mol. The minimum atomic E-state index is -3.84. The molecule has 1 aromatic carbocycles. The van der Waals surface area contributed by atoms with Crippen molar-refractivity contribution in [3.8, 4) is 5.75 Å². The van der Waals surface area contributed by atoms with Gasteiger partial charge in [-0.15, -0.1) is 0 Å². The van der Waals surface area contributed by atoms with Crippen LogP contribution in [0.1, 0.15) is 12.8 Å². The molecule has 8 heteroatoms. The molecule has 7 nitrogen and oxygen atoms in total. The molecule has 1 aliphatic rings. The molecule has 0 radical (unpaired) electrons. The lowest BCUT2D eigenvalue weighted by Gasteiger charge is -2.20. The highest BCUT2D eigenvalue weighted by molar-refractivity contribution is 7.92. The number of pyridine rings is 1. The fourth-order valence-electron chi connectivity index (χ4n) is 2.48. The zero-order valence-corrected chi connectivity index (χ0v) is 13.7. The van der Waals surface area contributed by atoms with Gasteiger partial charge in [-0.1, -0.05) is 12.1 Å². The number of anilines is 1. The molecule has 4 rings (SSSR count). The molecule has 0 unspecified atom stereocenters. The minimum Gasteiger partial charge on any atom is -0.495 e. The Hall–Kier alpha value is -2.61. The van der Waals surface area contributed by atoms with Crippen LogP contribution in [0.15, 0.2) is 52.0 Å². The molecule has 2 aromatic heterocycles. The summed E-state index contributed by atoms with van der Waals surface area (Å²) in [5, 5.41) is 0. The Labute approximate surface area is 138 Å². The highest BCUT2D eigenvalue weighted by atomic mass is 32.2. The van der Waals surface area contributed by atoms with Crippen LogP contribution in [0.5, 0.6) is 5.75 Å². The monoisotopic (exact) mass is 345 g/mol. The lowest BCUT2D eigenvalue weighted by atomic mass is 10.3. The second-order valence-corrected chi connectivity index (χ2v) is 7.37. The van der Waals surface area contributed by atoms with Crippen molar-refractivity contribution >= 4 is 27.1 Å². The van der Waals surface area contributed by atoms with E-state index in [-0.39, 0.29) is 17.0 Å². The van der Waals surface area contributed by atoms with Gasteiger partial charge >= 0.3 is 6.01 Å². The fourth-order valence-corrected chi connectivity index (χ4v) is 4.06. The van der Waals surface area contributed by atoms with E-state index < -0.39 is 10.0 Å². The predicted octanol–water partition coefficient (Wildman–Crippen LogP) is 2.59. The molecule has 0 amide bonds. The lowest BCUT2D eigenvalue weighted by molar-refractivity contribution is 0.411. The largest absolute Gasteiger partial charge is 0.495 e. The second-order valence-electron chi connectivity index (χ2n) is 5.56. The molecule has 1 saturated carbocycles. The van der Waals surface area contributed by atoms with E-state index in [1.54, 1.807) is 12.1 Å². The van der Waals surface area contributed by atoms with E-state index >= 15 is 0 Å². The summed E-state index contributed by atoms with van der Waals surface area (Å²) < 4.78 is 38.2. The van der Waals surface area contributed by atoms with Gasteiger partial charge in [0.1, 0.15) is 16.2 Å². The van der Waals surface area contributed by atoms with Crippen LogP contribution in [-0.2, 0) is 10.0 Å². The molecule has 1 aliphatic carbocycles. The summed E-state index contributed by atoms with van der Waals surface area (Å²) in [6, 6.07) is 8.58. The normalized spacial score (nSPS) is 14.7. The molecule has 2 heterocycles. The van der Waals surface area contributed by atoms with Crippen LogP contribution in [-0.4, -0.2) is 31.5 Å². The van der Waals surface area contributed by atoms with Crippen molar-refractivity contribution in [2.45, 2.75) is 23.8 Å². The Bertz CT molecular complexity index is 962. The summed E-state index contributed by atoms with van der Waals surface area (Å²) in [6.07, 6.45) is 4.31. The highest BCUT2D eigenvalue weighted by Crippen LogP contribution is 2.37. The molecular formula is C16H15N3O4S. The van der Waals surface area contributed by atoms with Crippen LogP contribution in [0.4, 0.5) is 6.01 Å². The van der Waals surface area contributed by atoms with E-state index in [1.807, 2.05) is 12.1 Å². The van der Waals surface area contributed by atoms with E-state index in [9.17, 15) is 8.42 Å². The Balaban J connectivity index is 1.82. The van der Waals surface area contributed by atoms with Crippen LogP contribution in [0.2, 0.25) is 0 Å². The van der Waals surface area contributed by atoms with Crippen LogP contribution in [0.25, 0.3) is 11.1 Å². The number of benzene rings is 1. The van der Waals surface area contributed by atoms with Crippen LogP contribution >= 0.6 is 0 Å². The van der Waals surface area contributed by atoms with Crippen LogP contribution in [0.3, 0.4) is 0 Å². The van der Waals surface area contributed by atoms with Gasteiger partial charge < -0.3 is 9.15 Å². The van der Waals surface area contributed by atoms with Gasteiger partial charge in [-0.05, 0) is 25.0 Å². The average Bonchev–Trinajstić information content (AvgIpc) is 3.32. The predicted molar refractivity (Wildman–Crippen MR) is 87.5 cm³/mol. The third-order valence-corrected chi connectivity index (χ3v) is 5.62. The van der Waals surface area contributed by atoms with Crippen LogP contribution in [0, 0.1) is 0 Å². The zero-order chi connectivity index (χ0) is 16.7.